The number of morpholine rings is 1. The lowest BCUT2D eigenvalue weighted by Gasteiger charge is -2.30. The standard InChI is InChI=1S/C13H18N6OS.ClH/c1-9-7-18(4-5-20-9)13-15-10(8-21-13)12-17-16-11-6-14-2-3-19(11)12;/h8-9,14H,2-7H2,1H3;1H. The van der Waals surface area contributed by atoms with Crippen molar-refractivity contribution in [3.05, 3.63) is 11.2 Å². The second-order valence-corrected chi connectivity index (χ2v) is 6.25. The fourth-order valence-electron chi connectivity index (χ4n) is 2.79. The second-order valence-electron chi connectivity index (χ2n) is 5.41. The molecular formula is C13H19ClN6OS. The van der Waals surface area contributed by atoms with Crippen molar-refractivity contribution in [3.8, 4) is 11.5 Å². The van der Waals surface area contributed by atoms with Crippen molar-refractivity contribution in [2.45, 2.75) is 26.1 Å². The Balaban J connectivity index is 0.00000144. The third-order valence-corrected chi connectivity index (χ3v) is 4.76. The van der Waals surface area contributed by atoms with Crippen LogP contribution in [0, 0.1) is 0 Å². The van der Waals surface area contributed by atoms with Gasteiger partial charge in [-0.15, -0.1) is 33.9 Å². The van der Waals surface area contributed by atoms with Crippen molar-refractivity contribution in [1.82, 2.24) is 25.1 Å². The van der Waals surface area contributed by atoms with Crippen molar-refractivity contribution in [3.63, 3.8) is 0 Å². The van der Waals surface area contributed by atoms with E-state index in [0.717, 1.165) is 61.8 Å². The zero-order chi connectivity index (χ0) is 14.2. The van der Waals surface area contributed by atoms with Gasteiger partial charge in [0.25, 0.3) is 0 Å². The minimum absolute atomic E-state index is 0. The van der Waals surface area contributed by atoms with Crippen LogP contribution in [-0.4, -0.2) is 52.1 Å². The average Bonchev–Trinajstić information content (AvgIpc) is 3.14. The quantitative estimate of drug-likeness (QED) is 0.883. The molecule has 0 radical (unpaired) electrons. The zero-order valence-corrected chi connectivity index (χ0v) is 14.0. The summed E-state index contributed by atoms with van der Waals surface area (Å²) in [5.41, 5.74) is 0.926. The number of anilines is 1. The van der Waals surface area contributed by atoms with E-state index in [1.165, 1.54) is 0 Å². The van der Waals surface area contributed by atoms with Crippen LogP contribution in [0.5, 0.6) is 0 Å². The molecule has 120 valence electrons. The van der Waals surface area contributed by atoms with Crippen molar-refractivity contribution >= 4 is 28.9 Å². The lowest BCUT2D eigenvalue weighted by molar-refractivity contribution is 0.0532. The molecule has 22 heavy (non-hydrogen) atoms. The molecule has 0 bridgehead atoms. The Kier molecular flexibility index (Phi) is 4.62. The molecule has 9 heteroatoms. The third kappa shape index (κ3) is 2.83. The molecule has 2 aliphatic heterocycles. The number of aromatic nitrogens is 4. The molecule has 0 spiro atoms. The molecule has 7 nitrogen and oxygen atoms in total. The van der Waals surface area contributed by atoms with Gasteiger partial charge >= 0.3 is 0 Å². The van der Waals surface area contributed by atoms with E-state index in [4.69, 9.17) is 9.72 Å². The summed E-state index contributed by atoms with van der Waals surface area (Å²) in [5.74, 6) is 1.88. The number of hydrogen-bond donors (Lipinski definition) is 1. The van der Waals surface area contributed by atoms with E-state index < -0.39 is 0 Å². The predicted octanol–water partition coefficient (Wildman–Crippen LogP) is 1.15. The predicted molar refractivity (Wildman–Crippen MR) is 87.7 cm³/mol. The van der Waals surface area contributed by atoms with E-state index in [9.17, 15) is 0 Å². The van der Waals surface area contributed by atoms with Gasteiger partial charge in [-0.2, -0.15) is 0 Å². The summed E-state index contributed by atoms with van der Waals surface area (Å²) in [6, 6.07) is 0. The number of fused-ring (bicyclic) bond motifs is 1. The number of nitrogens with zero attached hydrogens (tertiary/aromatic N) is 5. The molecule has 2 aliphatic rings. The van der Waals surface area contributed by atoms with Gasteiger partial charge in [-0.3, -0.25) is 0 Å². The van der Waals surface area contributed by atoms with Gasteiger partial charge in [0.2, 0.25) is 0 Å². The SMILES string of the molecule is CC1CN(c2nc(-c3nnc4n3CCNC4)cs2)CCO1.Cl. The van der Waals surface area contributed by atoms with E-state index in [1.54, 1.807) is 11.3 Å². The Bertz CT molecular complexity index is 644. The maximum Gasteiger partial charge on any atom is 0.186 e. The molecule has 0 saturated carbocycles. The average molecular weight is 343 g/mol. The highest BCUT2D eigenvalue weighted by molar-refractivity contribution is 7.14. The minimum Gasteiger partial charge on any atom is -0.375 e. The Morgan fingerprint density at radius 1 is 1.36 bits per heavy atom. The monoisotopic (exact) mass is 342 g/mol. The zero-order valence-electron chi connectivity index (χ0n) is 12.4. The van der Waals surface area contributed by atoms with Gasteiger partial charge in [-0.25, -0.2) is 4.98 Å². The minimum atomic E-state index is 0. The highest BCUT2D eigenvalue weighted by Gasteiger charge is 2.22. The highest BCUT2D eigenvalue weighted by Crippen LogP contribution is 2.28. The van der Waals surface area contributed by atoms with Crippen LogP contribution in [0.4, 0.5) is 5.13 Å². The van der Waals surface area contributed by atoms with E-state index in [0.29, 0.717) is 0 Å². The summed E-state index contributed by atoms with van der Waals surface area (Å²) in [6.07, 6.45) is 0.262. The van der Waals surface area contributed by atoms with Crippen molar-refractivity contribution in [2.24, 2.45) is 0 Å². The van der Waals surface area contributed by atoms with Gasteiger partial charge in [0.15, 0.2) is 11.0 Å². The van der Waals surface area contributed by atoms with Gasteiger partial charge in [0.05, 0.1) is 19.3 Å². The van der Waals surface area contributed by atoms with E-state index in [2.05, 4.69) is 37.3 Å². The number of thiazole rings is 1. The van der Waals surface area contributed by atoms with E-state index >= 15 is 0 Å². The van der Waals surface area contributed by atoms with E-state index in [1.807, 2.05) is 0 Å². The maximum atomic E-state index is 5.58. The number of ether oxygens (including phenoxy) is 1. The molecule has 0 aliphatic carbocycles. The van der Waals surface area contributed by atoms with Crippen molar-refractivity contribution in [2.75, 3.05) is 31.1 Å². The first-order valence-corrected chi connectivity index (χ1v) is 8.14. The van der Waals surface area contributed by atoms with Crippen LogP contribution in [0.25, 0.3) is 11.5 Å². The smallest absolute Gasteiger partial charge is 0.186 e. The largest absolute Gasteiger partial charge is 0.375 e. The highest BCUT2D eigenvalue weighted by atomic mass is 35.5. The number of nitrogens with one attached hydrogen (secondary N) is 1. The molecule has 1 fully saturated rings. The summed E-state index contributed by atoms with van der Waals surface area (Å²) >= 11 is 1.67. The fourth-order valence-corrected chi connectivity index (χ4v) is 3.63. The Morgan fingerprint density at radius 3 is 3.14 bits per heavy atom. The maximum absolute atomic E-state index is 5.58. The second kappa shape index (κ2) is 6.49. The summed E-state index contributed by atoms with van der Waals surface area (Å²) < 4.78 is 7.75. The molecule has 2 aromatic heterocycles. The molecule has 1 saturated heterocycles. The first-order valence-electron chi connectivity index (χ1n) is 7.26. The Morgan fingerprint density at radius 2 is 2.27 bits per heavy atom. The summed E-state index contributed by atoms with van der Waals surface area (Å²) in [5, 5.41) is 15.0. The first-order chi connectivity index (χ1) is 10.3. The van der Waals surface area contributed by atoms with Crippen LogP contribution in [0.2, 0.25) is 0 Å². The van der Waals surface area contributed by atoms with Gasteiger partial charge in [-0.1, -0.05) is 0 Å². The van der Waals surface area contributed by atoms with Crippen molar-refractivity contribution < 1.29 is 4.74 Å². The third-order valence-electron chi connectivity index (χ3n) is 3.86. The van der Waals surface area contributed by atoms with Crippen LogP contribution in [0.1, 0.15) is 12.7 Å². The molecule has 0 aromatic carbocycles. The molecule has 4 heterocycles. The van der Waals surface area contributed by atoms with Crippen LogP contribution in [0.3, 0.4) is 0 Å². The molecule has 4 rings (SSSR count). The Labute approximate surface area is 139 Å². The molecule has 1 N–H and O–H groups in total. The van der Waals surface area contributed by atoms with Gasteiger partial charge in [0, 0.05) is 31.6 Å². The van der Waals surface area contributed by atoms with E-state index in [-0.39, 0.29) is 18.5 Å². The number of halogens is 1. The van der Waals surface area contributed by atoms with Crippen LogP contribution < -0.4 is 10.2 Å². The molecule has 0 amide bonds. The van der Waals surface area contributed by atoms with Crippen LogP contribution in [-0.2, 0) is 17.8 Å². The Hall–Kier alpha value is -1.22. The molecule has 1 atom stereocenters. The van der Waals surface area contributed by atoms with Crippen LogP contribution in [0.15, 0.2) is 5.38 Å². The normalized spacial score (nSPS) is 21.3. The topological polar surface area (TPSA) is 68.1 Å². The summed E-state index contributed by atoms with van der Waals surface area (Å²) in [4.78, 5) is 7.05. The number of hydrogen-bond acceptors (Lipinski definition) is 7. The summed E-state index contributed by atoms with van der Waals surface area (Å²) in [7, 11) is 0. The van der Waals surface area contributed by atoms with Gasteiger partial charge in [0.1, 0.15) is 11.5 Å². The van der Waals surface area contributed by atoms with Crippen LogP contribution >= 0.6 is 23.7 Å². The lowest BCUT2D eigenvalue weighted by atomic mass is 10.3. The van der Waals surface area contributed by atoms with Gasteiger partial charge in [-0.05, 0) is 6.92 Å². The molecule has 2 aromatic rings. The molecular weight excluding hydrogens is 324 g/mol. The van der Waals surface area contributed by atoms with Gasteiger partial charge < -0.3 is 19.5 Å². The first kappa shape index (κ1) is 15.7. The fraction of sp³-hybridized carbons (Fsp3) is 0.615. The van der Waals surface area contributed by atoms with Crippen molar-refractivity contribution in [1.29, 1.82) is 0 Å². The molecule has 1 unspecified atom stereocenters. The summed E-state index contributed by atoms with van der Waals surface area (Å²) in [6.45, 7) is 7.30. The lowest BCUT2D eigenvalue weighted by Crippen LogP contribution is -2.41. The number of rotatable bonds is 2.